The molecule has 126 valence electrons. The van der Waals surface area contributed by atoms with Crippen LogP contribution in [0.1, 0.15) is 31.9 Å². The van der Waals surface area contributed by atoms with E-state index in [1.54, 1.807) is 20.8 Å². The third-order valence-corrected chi connectivity index (χ3v) is 2.99. The molecule has 1 aromatic rings. The molecule has 1 unspecified atom stereocenters. The van der Waals surface area contributed by atoms with Gasteiger partial charge in [0.25, 0.3) is 0 Å². The van der Waals surface area contributed by atoms with Crippen molar-refractivity contribution in [3.63, 3.8) is 0 Å². The van der Waals surface area contributed by atoms with Gasteiger partial charge in [-0.15, -0.1) is 6.58 Å². The number of hydrogen-bond donors (Lipinski definition) is 1. The van der Waals surface area contributed by atoms with E-state index >= 15 is 0 Å². The van der Waals surface area contributed by atoms with Crippen molar-refractivity contribution in [1.82, 2.24) is 5.32 Å². The van der Waals surface area contributed by atoms with Crippen LogP contribution in [0, 0.1) is 0 Å². The number of amides is 1. The number of allylic oxidation sites excluding steroid dienone is 1. The fourth-order valence-corrected chi connectivity index (χ4v) is 2.07. The molecule has 0 spiro atoms. The minimum Gasteiger partial charge on any atom is -0.467 e. The molecule has 1 amide bonds. The Bertz CT molecular complexity index is 560. The van der Waals surface area contributed by atoms with Crippen molar-refractivity contribution in [2.24, 2.45) is 0 Å². The second-order valence-electron chi connectivity index (χ2n) is 6.24. The Morgan fingerprint density at radius 3 is 2.52 bits per heavy atom. The highest BCUT2D eigenvalue weighted by Gasteiger charge is 2.25. The van der Waals surface area contributed by atoms with E-state index < -0.39 is 23.7 Å². The van der Waals surface area contributed by atoms with Crippen molar-refractivity contribution in [3.8, 4) is 0 Å². The van der Waals surface area contributed by atoms with Gasteiger partial charge in [-0.3, -0.25) is 0 Å². The van der Waals surface area contributed by atoms with E-state index in [2.05, 4.69) is 11.9 Å². The molecule has 0 fully saturated rings. The topological polar surface area (TPSA) is 64.6 Å². The lowest BCUT2D eigenvalue weighted by atomic mass is 10.0. The van der Waals surface area contributed by atoms with Gasteiger partial charge in [0.2, 0.25) is 0 Å². The number of carbonyl (C=O) groups excluding carboxylic acids is 2. The quantitative estimate of drug-likeness (QED) is 0.646. The third-order valence-electron chi connectivity index (χ3n) is 2.99. The molecule has 0 saturated carbocycles. The standard InChI is InChI=1S/C18H25NO4/c1-6-8-13-9-7-10-14(11-13)12-15(16(20)22-5)19-17(21)23-18(2,3)4/h6-7,9-11,15H,1,8,12H2,2-5H3,(H,19,21). The number of esters is 1. The monoisotopic (exact) mass is 319 g/mol. The number of methoxy groups -OCH3 is 1. The van der Waals surface area contributed by atoms with E-state index in [0.29, 0.717) is 6.42 Å². The van der Waals surface area contributed by atoms with E-state index in [0.717, 1.165) is 17.5 Å². The molecule has 1 atom stereocenters. The van der Waals surface area contributed by atoms with Crippen molar-refractivity contribution in [2.75, 3.05) is 7.11 Å². The molecule has 0 aliphatic rings. The van der Waals surface area contributed by atoms with Gasteiger partial charge in [0.05, 0.1) is 7.11 Å². The summed E-state index contributed by atoms with van der Waals surface area (Å²) in [5.74, 6) is -0.509. The molecule has 1 N–H and O–H groups in total. The fourth-order valence-electron chi connectivity index (χ4n) is 2.07. The first-order valence-corrected chi connectivity index (χ1v) is 7.51. The summed E-state index contributed by atoms with van der Waals surface area (Å²) in [5.41, 5.74) is 1.39. The summed E-state index contributed by atoms with van der Waals surface area (Å²) in [6.07, 6.45) is 2.25. The number of hydrogen-bond acceptors (Lipinski definition) is 4. The van der Waals surface area contributed by atoms with Crippen LogP contribution in [0.3, 0.4) is 0 Å². The highest BCUT2D eigenvalue weighted by molar-refractivity contribution is 5.81. The van der Waals surface area contributed by atoms with Gasteiger partial charge in [0.15, 0.2) is 0 Å². The SMILES string of the molecule is C=CCc1cccc(CC(NC(=O)OC(C)(C)C)C(=O)OC)c1. The molecule has 0 aromatic heterocycles. The first-order valence-electron chi connectivity index (χ1n) is 7.51. The Kier molecular flexibility index (Phi) is 6.82. The summed E-state index contributed by atoms with van der Waals surface area (Å²) in [4.78, 5) is 23.8. The lowest BCUT2D eigenvalue weighted by Crippen LogP contribution is -2.45. The summed E-state index contributed by atoms with van der Waals surface area (Å²) in [5, 5.41) is 2.57. The van der Waals surface area contributed by atoms with Gasteiger partial charge in [-0.05, 0) is 38.3 Å². The lowest BCUT2D eigenvalue weighted by molar-refractivity contribution is -0.143. The molecule has 1 aromatic carbocycles. The average Bonchev–Trinajstić information content (AvgIpc) is 2.44. The molecule has 0 aliphatic carbocycles. The van der Waals surface area contributed by atoms with Crippen molar-refractivity contribution in [2.45, 2.75) is 45.3 Å². The highest BCUT2D eigenvalue weighted by Crippen LogP contribution is 2.11. The lowest BCUT2D eigenvalue weighted by Gasteiger charge is -2.22. The summed E-state index contributed by atoms with van der Waals surface area (Å²) >= 11 is 0. The predicted molar refractivity (Wildman–Crippen MR) is 89.2 cm³/mol. The van der Waals surface area contributed by atoms with Gasteiger partial charge in [-0.2, -0.15) is 0 Å². The van der Waals surface area contributed by atoms with Crippen LogP contribution in [0.4, 0.5) is 4.79 Å². The Balaban J connectivity index is 2.82. The zero-order valence-electron chi connectivity index (χ0n) is 14.2. The van der Waals surface area contributed by atoms with Crippen molar-refractivity contribution in [3.05, 3.63) is 48.0 Å². The van der Waals surface area contributed by atoms with Crippen LogP contribution >= 0.6 is 0 Å². The number of alkyl carbamates (subject to hydrolysis) is 1. The first-order chi connectivity index (χ1) is 10.7. The smallest absolute Gasteiger partial charge is 0.408 e. The average molecular weight is 319 g/mol. The molecule has 1 rings (SSSR count). The van der Waals surface area contributed by atoms with Crippen molar-refractivity contribution < 1.29 is 19.1 Å². The largest absolute Gasteiger partial charge is 0.467 e. The van der Waals surface area contributed by atoms with E-state index in [1.807, 2.05) is 30.3 Å². The Hall–Kier alpha value is -2.30. The van der Waals surface area contributed by atoms with Gasteiger partial charge >= 0.3 is 12.1 Å². The van der Waals surface area contributed by atoms with Crippen LogP contribution in [-0.4, -0.2) is 30.8 Å². The third kappa shape index (κ3) is 7.00. The number of ether oxygens (including phenoxy) is 2. The highest BCUT2D eigenvalue weighted by atomic mass is 16.6. The van der Waals surface area contributed by atoms with Crippen molar-refractivity contribution >= 4 is 12.1 Å². The number of carbonyl (C=O) groups is 2. The van der Waals surface area contributed by atoms with Gasteiger partial charge in [0, 0.05) is 6.42 Å². The summed E-state index contributed by atoms with van der Waals surface area (Å²) < 4.78 is 9.96. The Labute approximate surface area is 137 Å². The van der Waals surface area contributed by atoms with E-state index in [9.17, 15) is 9.59 Å². The van der Waals surface area contributed by atoms with Crippen LogP contribution in [0.5, 0.6) is 0 Å². The normalized spacial score (nSPS) is 12.2. The van der Waals surface area contributed by atoms with Gasteiger partial charge in [-0.1, -0.05) is 30.3 Å². The molecule has 0 bridgehead atoms. The minimum atomic E-state index is -0.797. The van der Waals surface area contributed by atoms with Crippen LogP contribution < -0.4 is 5.32 Å². The van der Waals surface area contributed by atoms with Crippen LogP contribution in [0.15, 0.2) is 36.9 Å². The zero-order valence-corrected chi connectivity index (χ0v) is 14.2. The molecule has 5 heteroatoms. The molecular formula is C18H25NO4. The Morgan fingerprint density at radius 1 is 1.30 bits per heavy atom. The number of nitrogens with one attached hydrogen (secondary N) is 1. The summed E-state index contributed by atoms with van der Waals surface area (Å²) in [6.45, 7) is 9.00. The predicted octanol–water partition coefficient (Wildman–Crippen LogP) is 3.02. The van der Waals surface area contributed by atoms with Crippen LogP contribution in [0.25, 0.3) is 0 Å². The maximum Gasteiger partial charge on any atom is 0.408 e. The minimum absolute atomic E-state index is 0.330. The number of rotatable bonds is 6. The van der Waals surface area contributed by atoms with Gasteiger partial charge in [-0.25, -0.2) is 9.59 Å². The number of benzene rings is 1. The van der Waals surface area contributed by atoms with Crippen LogP contribution in [0.2, 0.25) is 0 Å². The fraction of sp³-hybridized carbons (Fsp3) is 0.444. The van der Waals surface area contributed by atoms with Crippen molar-refractivity contribution in [1.29, 1.82) is 0 Å². The zero-order chi connectivity index (χ0) is 17.5. The van der Waals surface area contributed by atoms with Crippen LogP contribution in [-0.2, 0) is 27.1 Å². The van der Waals surface area contributed by atoms with E-state index in [1.165, 1.54) is 7.11 Å². The molecular weight excluding hydrogens is 294 g/mol. The molecule has 5 nitrogen and oxygen atoms in total. The van der Waals surface area contributed by atoms with Gasteiger partial charge in [0.1, 0.15) is 11.6 Å². The maximum atomic E-state index is 11.9. The molecule has 0 saturated heterocycles. The second kappa shape index (κ2) is 8.36. The first kappa shape index (κ1) is 18.7. The summed E-state index contributed by atoms with van der Waals surface area (Å²) in [6, 6.07) is 6.98. The Morgan fingerprint density at radius 2 is 1.96 bits per heavy atom. The van der Waals surface area contributed by atoms with E-state index in [-0.39, 0.29) is 0 Å². The van der Waals surface area contributed by atoms with Gasteiger partial charge < -0.3 is 14.8 Å². The van der Waals surface area contributed by atoms with E-state index in [4.69, 9.17) is 9.47 Å². The maximum absolute atomic E-state index is 11.9. The molecule has 0 heterocycles. The second-order valence-corrected chi connectivity index (χ2v) is 6.24. The summed E-state index contributed by atoms with van der Waals surface area (Å²) in [7, 11) is 1.29. The molecule has 23 heavy (non-hydrogen) atoms. The molecule has 0 radical (unpaired) electrons. The molecule has 0 aliphatic heterocycles.